The van der Waals surface area contributed by atoms with E-state index >= 15 is 0 Å². The molecule has 0 radical (unpaired) electrons. The van der Waals surface area contributed by atoms with E-state index in [0.717, 1.165) is 35.8 Å². The lowest BCUT2D eigenvalue weighted by Gasteiger charge is -2.56. The van der Waals surface area contributed by atoms with Crippen LogP contribution in [0.3, 0.4) is 0 Å². The van der Waals surface area contributed by atoms with Crippen LogP contribution in [0.1, 0.15) is 64.4 Å². The van der Waals surface area contributed by atoms with Crippen molar-refractivity contribution in [3.63, 3.8) is 0 Å². The molecule has 6 heteroatoms. The highest BCUT2D eigenvalue weighted by Gasteiger charge is 2.50. The van der Waals surface area contributed by atoms with Crippen LogP contribution in [0.25, 0.3) is 0 Å². The topological polar surface area (TPSA) is 76.7 Å². The Hall–Kier alpha value is -2.50. The maximum atomic E-state index is 12.6. The van der Waals surface area contributed by atoms with Crippen LogP contribution in [0.15, 0.2) is 29.8 Å². The molecule has 1 saturated heterocycles. The number of allylic oxidation sites excluding steroid dienone is 1. The molecular formula is C26H34N2O4. The Morgan fingerprint density at radius 2 is 2.09 bits per heavy atom. The number of amides is 2. The number of hydrogen-bond acceptors (Lipinski definition) is 4. The van der Waals surface area contributed by atoms with Gasteiger partial charge in [-0.25, -0.2) is 0 Å². The van der Waals surface area contributed by atoms with Crippen molar-refractivity contribution in [2.45, 2.75) is 70.8 Å². The number of fused-ring (bicyclic) bond motifs is 2. The van der Waals surface area contributed by atoms with Crippen LogP contribution in [0, 0.1) is 17.3 Å². The third-order valence-electron chi connectivity index (χ3n) is 8.36. The lowest BCUT2D eigenvalue weighted by molar-refractivity contribution is -0.122. The summed E-state index contributed by atoms with van der Waals surface area (Å²) in [7, 11) is 0. The van der Waals surface area contributed by atoms with Gasteiger partial charge in [-0.05, 0) is 73.5 Å². The molecule has 6 nitrogen and oxygen atoms in total. The fourth-order valence-corrected chi connectivity index (χ4v) is 6.17. The number of carbonyl (C=O) groups is 2. The molecule has 1 aromatic carbocycles. The summed E-state index contributed by atoms with van der Waals surface area (Å²) in [5.41, 5.74) is 2.66. The first-order chi connectivity index (χ1) is 15.3. The molecule has 2 N–H and O–H groups in total. The summed E-state index contributed by atoms with van der Waals surface area (Å²) >= 11 is 0. The SMILES string of the molecule is CC1(C)[C@H]2CC=C(CCNC(=O)CCC3(Cc4ccc5c(c4)OCO5)CCC(=O)N3)[C@@H]1C2. The zero-order valence-corrected chi connectivity index (χ0v) is 19.2. The highest BCUT2D eigenvalue weighted by Crippen LogP contribution is 2.59. The molecule has 1 unspecified atom stereocenters. The van der Waals surface area contributed by atoms with E-state index in [1.54, 1.807) is 0 Å². The van der Waals surface area contributed by atoms with Gasteiger partial charge in [0, 0.05) is 24.9 Å². The molecule has 2 amide bonds. The van der Waals surface area contributed by atoms with Gasteiger partial charge in [0.1, 0.15) is 0 Å². The highest BCUT2D eigenvalue weighted by molar-refractivity contribution is 5.80. The van der Waals surface area contributed by atoms with Crippen LogP contribution in [0.5, 0.6) is 11.5 Å². The summed E-state index contributed by atoms with van der Waals surface area (Å²) in [6.45, 7) is 5.71. The molecule has 6 rings (SSSR count). The Labute approximate surface area is 190 Å². The normalized spacial score (nSPS) is 29.2. The Morgan fingerprint density at radius 3 is 2.84 bits per heavy atom. The maximum absolute atomic E-state index is 12.6. The summed E-state index contributed by atoms with van der Waals surface area (Å²) in [6, 6.07) is 5.92. The predicted octanol–water partition coefficient (Wildman–Crippen LogP) is 3.89. The second-order valence-corrected chi connectivity index (χ2v) is 10.6. The van der Waals surface area contributed by atoms with Crippen molar-refractivity contribution in [2.24, 2.45) is 17.3 Å². The van der Waals surface area contributed by atoms with Crippen LogP contribution in [0.2, 0.25) is 0 Å². The Balaban J connectivity index is 1.13. The summed E-state index contributed by atoms with van der Waals surface area (Å²) in [5, 5.41) is 6.28. The predicted molar refractivity (Wildman–Crippen MR) is 121 cm³/mol. The summed E-state index contributed by atoms with van der Waals surface area (Å²) in [4.78, 5) is 24.7. The van der Waals surface area contributed by atoms with Crippen LogP contribution >= 0.6 is 0 Å². The lowest BCUT2D eigenvalue weighted by atomic mass is 9.48. The number of carbonyl (C=O) groups excluding carboxylic acids is 2. The first kappa shape index (κ1) is 21.4. The number of ether oxygens (including phenoxy) is 2. The van der Waals surface area contributed by atoms with Gasteiger partial charge in [0.15, 0.2) is 11.5 Å². The van der Waals surface area contributed by atoms with Gasteiger partial charge in [-0.15, -0.1) is 0 Å². The van der Waals surface area contributed by atoms with Crippen LogP contribution in [-0.2, 0) is 16.0 Å². The number of hydrogen-bond donors (Lipinski definition) is 2. The molecule has 2 bridgehead atoms. The van der Waals surface area contributed by atoms with E-state index in [1.807, 2.05) is 18.2 Å². The third-order valence-corrected chi connectivity index (χ3v) is 8.36. The summed E-state index contributed by atoms with van der Waals surface area (Å²) in [6.07, 6.45) is 8.87. The minimum absolute atomic E-state index is 0.0665. The van der Waals surface area contributed by atoms with E-state index in [2.05, 4.69) is 30.6 Å². The molecular weight excluding hydrogens is 404 g/mol. The molecule has 2 heterocycles. The molecule has 32 heavy (non-hydrogen) atoms. The lowest BCUT2D eigenvalue weighted by Crippen LogP contribution is -2.48. The van der Waals surface area contributed by atoms with Crippen LogP contribution in [-0.4, -0.2) is 30.7 Å². The minimum Gasteiger partial charge on any atom is -0.454 e. The Morgan fingerprint density at radius 1 is 1.25 bits per heavy atom. The van der Waals surface area contributed by atoms with Crippen molar-refractivity contribution in [3.8, 4) is 11.5 Å². The molecule has 1 aromatic rings. The Bertz CT molecular complexity index is 953. The fraction of sp³-hybridized carbons (Fsp3) is 0.615. The van der Waals surface area contributed by atoms with E-state index in [9.17, 15) is 9.59 Å². The van der Waals surface area contributed by atoms with Gasteiger partial charge in [0.2, 0.25) is 18.6 Å². The number of benzene rings is 1. The molecule has 3 aliphatic carbocycles. The highest BCUT2D eigenvalue weighted by atomic mass is 16.7. The van der Waals surface area contributed by atoms with E-state index in [-0.39, 0.29) is 24.1 Å². The summed E-state index contributed by atoms with van der Waals surface area (Å²) in [5.74, 6) is 3.17. The maximum Gasteiger partial charge on any atom is 0.231 e. The van der Waals surface area contributed by atoms with Gasteiger partial charge in [-0.3, -0.25) is 9.59 Å². The second-order valence-electron chi connectivity index (χ2n) is 10.6. The molecule has 0 spiro atoms. The zero-order chi connectivity index (χ0) is 22.3. The number of nitrogens with one attached hydrogen (secondary N) is 2. The monoisotopic (exact) mass is 438 g/mol. The van der Waals surface area contributed by atoms with Gasteiger partial charge in [-0.2, -0.15) is 0 Å². The smallest absolute Gasteiger partial charge is 0.231 e. The van der Waals surface area contributed by atoms with Gasteiger partial charge in [-0.1, -0.05) is 31.6 Å². The zero-order valence-electron chi connectivity index (χ0n) is 19.2. The quantitative estimate of drug-likeness (QED) is 0.604. The van der Waals surface area contributed by atoms with Crippen molar-refractivity contribution in [2.75, 3.05) is 13.3 Å². The fourth-order valence-electron chi connectivity index (χ4n) is 6.17. The van der Waals surface area contributed by atoms with E-state index in [1.165, 1.54) is 18.4 Å². The van der Waals surface area contributed by atoms with Crippen LogP contribution in [0.4, 0.5) is 0 Å². The molecule has 1 saturated carbocycles. The first-order valence-corrected chi connectivity index (χ1v) is 12.0. The molecule has 5 aliphatic rings. The van der Waals surface area contributed by atoms with Crippen LogP contribution < -0.4 is 20.1 Å². The standard InChI is InChI=1S/C26H34N2O4/c1-25(2)19-5-4-18(20(25)14-19)9-12-27-23(29)7-10-26(11-8-24(30)28-26)15-17-3-6-21-22(13-17)32-16-31-21/h3-4,6,13,19-20H,5,7-12,14-16H2,1-2H3,(H,27,29)(H,28,30)/t19-,20-,26?/m0/s1. The number of rotatable bonds is 8. The van der Waals surface area contributed by atoms with Gasteiger partial charge in [0.25, 0.3) is 0 Å². The minimum atomic E-state index is -0.376. The van der Waals surface area contributed by atoms with Crippen molar-refractivity contribution >= 4 is 11.8 Å². The third kappa shape index (κ3) is 4.00. The second kappa shape index (κ2) is 8.13. The molecule has 172 valence electrons. The average molecular weight is 439 g/mol. The van der Waals surface area contributed by atoms with E-state index in [4.69, 9.17) is 9.47 Å². The van der Waals surface area contributed by atoms with Crippen molar-refractivity contribution in [1.29, 1.82) is 0 Å². The summed E-state index contributed by atoms with van der Waals surface area (Å²) < 4.78 is 10.9. The molecule has 0 aromatic heterocycles. The molecule has 3 atom stereocenters. The first-order valence-electron chi connectivity index (χ1n) is 12.0. The molecule has 2 fully saturated rings. The Kier molecular flexibility index (Phi) is 5.42. The van der Waals surface area contributed by atoms with E-state index < -0.39 is 0 Å². The molecule has 2 aliphatic heterocycles. The van der Waals surface area contributed by atoms with Gasteiger partial charge in [0.05, 0.1) is 0 Å². The average Bonchev–Trinajstić information content (AvgIpc) is 3.38. The largest absolute Gasteiger partial charge is 0.454 e. The van der Waals surface area contributed by atoms with Crippen molar-refractivity contribution < 1.29 is 19.1 Å². The van der Waals surface area contributed by atoms with Gasteiger partial charge < -0.3 is 20.1 Å². The van der Waals surface area contributed by atoms with Crippen molar-refractivity contribution in [3.05, 3.63) is 35.4 Å². The van der Waals surface area contributed by atoms with E-state index in [0.29, 0.717) is 43.6 Å². The van der Waals surface area contributed by atoms with Crippen molar-refractivity contribution in [1.82, 2.24) is 10.6 Å². The van der Waals surface area contributed by atoms with Gasteiger partial charge >= 0.3 is 0 Å².